The molecule has 1 amide bonds. The van der Waals surface area contributed by atoms with E-state index >= 15 is 0 Å². The van der Waals surface area contributed by atoms with Crippen LogP contribution in [0.2, 0.25) is 0 Å². The van der Waals surface area contributed by atoms with Crippen molar-refractivity contribution in [3.63, 3.8) is 0 Å². The van der Waals surface area contributed by atoms with Gasteiger partial charge >= 0.3 is 0 Å². The first-order chi connectivity index (χ1) is 9.01. The number of nitrogens with zero attached hydrogens (tertiary/aromatic N) is 1. The maximum absolute atomic E-state index is 12.1. The topological polar surface area (TPSA) is 79.2 Å². The maximum atomic E-state index is 12.1. The molecule has 19 heavy (non-hydrogen) atoms. The van der Waals surface area contributed by atoms with Gasteiger partial charge in [-0.25, -0.2) is 0 Å². The Morgan fingerprint density at radius 3 is 2.68 bits per heavy atom. The van der Waals surface area contributed by atoms with Crippen molar-refractivity contribution in [1.82, 2.24) is 4.90 Å². The van der Waals surface area contributed by atoms with Crippen molar-refractivity contribution < 1.29 is 24.5 Å². The molecule has 0 fully saturated rings. The number of para-hydroxylation sites is 1. The van der Waals surface area contributed by atoms with Crippen LogP contribution >= 0.6 is 0 Å². The van der Waals surface area contributed by atoms with Crippen molar-refractivity contribution in [1.29, 1.82) is 0 Å². The van der Waals surface area contributed by atoms with Gasteiger partial charge in [0.25, 0.3) is 5.91 Å². The second-order valence-electron chi connectivity index (χ2n) is 4.15. The number of rotatable bonds is 6. The molecule has 0 heterocycles. The SMILES string of the molecule is COCC(O)CN(C)C(=O)c1cccc(OC)c1O. The Hall–Kier alpha value is -1.79. The van der Waals surface area contributed by atoms with E-state index < -0.39 is 12.0 Å². The molecule has 0 aromatic heterocycles. The molecule has 0 bridgehead atoms. The van der Waals surface area contributed by atoms with Gasteiger partial charge in [-0.3, -0.25) is 4.79 Å². The van der Waals surface area contributed by atoms with Crippen molar-refractivity contribution in [3.8, 4) is 11.5 Å². The molecule has 1 aromatic carbocycles. The molecule has 6 nitrogen and oxygen atoms in total. The quantitative estimate of drug-likeness (QED) is 0.785. The Balaban J connectivity index is 2.82. The third-order valence-electron chi connectivity index (χ3n) is 2.64. The number of aromatic hydroxyl groups is 1. The highest BCUT2D eigenvalue weighted by Gasteiger charge is 2.20. The van der Waals surface area contributed by atoms with E-state index in [0.29, 0.717) is 0 Å². The van der Waals surface area contributed by atoms with E-state index in [9.17, 15) is 15.0 Å². The van der Waals surface area contributed by atoms with E-state index in [1.165, 1.54) is 25.2 Å². The number of carbonyl (C=O) groups is 1. The first-order valence-electron chi connectivity index (χ1n) is 5.79. The van der Waals surface area contributed by atoms with E-state index in [2.05, 4.69) is 0 Å². The van der Waals surface area contributed by atoms with Gasteiger partial charge in [0.2, 0.25) is 0 Å². The second-order valence-corrected chi connectivity index (χ2v) is 4.15. The molecule has 0 spiro atoms. The van der Waals surface area contributed by atoms with Crippen molar-refractivity contribution >= 4 is 5.91 Å². The van der Waals surface area contributed by atoms with Crippen LogP contribution in [0, 0.1) is 0 Å². The van der Waals surface area contributed by atoms with E-state index in [-0.39, 0.29) is 30.2 Å². The van der Waals surface area contributed by atoms with Crippen LogP contribution in [0.1, 0.15) is 10.4 Å². The number of likely N-dealkylation sites (N-methyl/N-ethyl adjacent to an activating group) is 1. The summed E-state index contributed by atoms with van der Waals surface area (Å²) in [5.41, 5.74) is 0.131. The molecule has 2 N–H and O–H groups in total. The number of phenolic OH excluding ortho intramolecular Hbond substituents is 1. The Kier molecular flexibility index (Phi) is 5.59. The van der Waals surface area contributed by atoms with E-state index in [1.54, 1.807) is 19.2 Å². The lowest BCUT2D eigenvalue weighted by atomic mass is 10.1. The van der Waals surface area contributed by atoms with Gasteiger partial charge < -0.3 is 24.6 Å². The predicted molar refractivity (Wildman–Crippen MR) is 69.5 cm³/mol. The number of hydrogen-bond donors (Lipinski definition) is 2. The zero-order valence-electron chi connectivity index (χ0n) is 11.3. The maximum Gasteiger partial charge on any atom is 0.257 e. The largest absolute Gasteiger partial charge is 0.504 e. The summed E-state index contributed by atoms with van der Waals surface area (Å²) < 4.78 is 9.74. The molecule has 0 aliphatic rings. The van der Waals surface area contributed by atoms with Crippen molar-refractivity contribution in [3.05, 3.63) is 23.8 Å². The van der Waals surface area contributed by atoms with Crippen molar-refractivity contribution in [2.24, 2.45) is 0 Å². The number of amides is 1. The third kappa shape index (κ3) is 3.84. The molecule has 0 radical (unpaired) electrons. The smallest absolute Gasteiger partial charge is 0.257 e. The zero-order valence-corrected chi connectivity index (χ0v) is 11.3. The molecular weight excluding hydrogens is 250 g/mol. The molecule has 0 aliphatic heterocycles. The predicted octanol–water partition coefficient (Wildman–Crippen LogP) is 0.480. The minimum absolute atomic E-state index is 0.114. The van der Waals surface area contributed by atoms with Crippen LogP contribution in [0.15, 0.2) is 18.2 Å². The molecular formula is C13H19NO5. The normalized spacial score (nSPS) is 12.0. The highest BCUT2D eigenvalue weighted by atomic mass is 16.5. The molecule has 6 heteroatoms. The number of methoxy groups -OCH3 is 2. The molecule has 106 valence electrons. The van der Waals surface area contributed by atoms with Crippen LogP contribution in [-0.2, 0) is 4.74 Å². The Labute approximate surface area is 112 Å². The number of aliphatic hydroxyl groups excluding tert-OH is 1. The highest BCUT2D eigenvalue weighted by molar-refractivity contribution is 5.97. The summed E-state index contributed by atoms with van der Waals surface area (Å²) in [5, 5.41) is 19.5. The van der Waals surface area contributed by atoms with Gasteiger partial charge in [-0.15, -0.1) is 0 Å². The summed E-state index contributed by atoms with van der Waals surface area (Å²) in [5.74, 6) is -0.369. The molecule has 0 saturated carbocycles. The minimum Gasteiger partial charge on any atom is -0.504 e. The van der Waals surface area contributed by atoms with Gasteiger partial charge in [-0.2, -0.15) is 0 Å². The van der Waals surface area contributed by atoms with E-state index in [4.69, 9.17) is 9.47 Å². The summed E-state index contributed by atoms with van der Waals surface area (Å²) in [4.78, 5) is 13.4. The lowest BCUT2D eigenvalue weighted by molar-refractivity contribution is 0.0379. The molecule has 0 aliphatic carbocycles. The molecule has 1 rings (SSSR count). The second kappa shape index (κ2) is 6.96. The Morgan fingerprint density at radius 2 is 2.11 bits per heavy atom. The monoisotopic (exact) mass is 269 g/mol. The lowest BCUT2D eigenvalue weighted by Crippen LogP contribution is -2.36. The number of hydrogen-bond acceptors (Lipinski definition) is 5. The number of phenols is 1. The molecule has 1 atom stereocenters. The fourth-order valence-electron chi connectivity index (χ4n) is 1.71. The standard InChI is InChI=1S/C13H19NO5/c1-14(7-9(15)8-18-2)13(17)10-5-4-6-11(19-3)12(10)16/h4-6,9,15-16H,7-8H2,1-3H3. The lowest BCUT2D eigenvalue weighted by Gasteiger charge is -2.21. The number of carbonyl (C=O) groups excluding carboxylic acids is 1. The van der Waals surface area contributed by atoms with Crippen LogP contribution in [0.5, 0.6) is 11.5 Å². The van der Waals surface area contributed by atoms with E-state index in [0.717, 1.165) is 0 Å². The summed E-state index contributed by atoms with van der Waals surface area (Å²) in [6.45, 7) is 0.255. The van der Waals surface area contributed by atoms with Gasteiger partial charge in [0.15, 0.2) is 11.5 Å². The average Bonchev–Trinajstić information content (AvgIpc) is 2.38. The molecule has 1 aromatic rings. The van der Waals surface area contributed by atoms with Gasteiger partial charge in [-0.05, 0) is 12.1 Å². The van der Waals surface area contributed by atoms with Crippen molar-refractivity contribution in [2.45, 2.75) is 6.10 Å². The molecule has 1 unspecified atom stereocenters. The van der Waals surface area contributed by atoms with Gasteiger partial charge in [0.05, 0.1) is 25.4 Å². The number of aliphatic hydroxyl groups is 1. The number of benzene rings is 1. The summed E-state index contributed by atoms with van der Waals surface area (Å²) >= 11 is 0. The fraction of sp³-hybridized carbons (Fsp3) is 0.462. The van der Waals surface area contributed by atoms with Crippen LogP contribution in [0.4, 0.5) is 0 Å². The first-order valence-corrected chi connectivity index (χ1v) is 5.79. The van der Waals surface area contributed by atoms with Gasteiger partial charge in [0, 0.05) is 20.7 Å². The van der Waals surface area contributed by atoms with Crippen LogP contribution in [0.25, 0.3) is 0 Å². The fourth-order valence-corrected chi connectivity index (χ4v) is 1.71. The first kappa shape index (κ1) is 15.3. The highest BCUT2D eigenvalue weighted by Crippen LogP contribution is 2.29. The van der Waals surface area contributed by atoms with Crippen LogP contribution in [0.3, 0.4) is 0 Å². The number of ether oxygens (including phenoxy) is 2. The van der Waals surface area contributed by atoms with Gasteiger partial charge in [0.1, 0.15) is 0 Å². The Morgan fingerprint density at radius 1 is 1.42 bits per heavy atom. The average molecular weight is 269 g/mol. The Bertz CT molecular complexity index is 435. The van der Waals surface area contributed by atoms with Crippen LogP contribution in [-0.4, -0.2) is 61.5 Å². The van der Waals surface area contributed by atoms with E-state index in [1.807, 2.05) is 0 Å². The minimum atomic E-state index is -0.772. The third-order valence-corrected chi connectivity index (χ3v) is 2.64. The molecule has 0 saturated heterocycles. The van der Waals surface area contributed by atoms with Crippen molar-refractivity contribution in [2.75, 3.05) is 34.4 Å². The van der Waals surface area contributed by atoms with Crippen LogP contribution < -0.4 is 4.74 Å². The zero-order chi connectivity index (χ0) is 14.4. The summed E-state index contributed by atoms with van der Waals surface area (Å²) in [6.07, 6.45) is -0.772. The summed E-state index contributed by atoms with van der Waals surface area (Å²) in [6, 6.07) is 4.68. The van der Waals surface area contributed by atoms with Gasteiger partial charge in [-0.1, -0.05) is 6.07 Å². The summed E-state index contributed by atoms with van der Waals surface area (Å²) in [7, 11) is 4.43.